The largest absolute Gasteiger partial charge is 0.346 e. The van der Waals surface area contributed by atoms with Crippen LogP contribution < -0.4 is 5.32 Å². The van der Waals surface area contributed by atoms with Crippen LogP contribution in [0.5, 0.6) is 0 Å². The van der Waals surface area contributed by atoms with Gasteiger partial charge in [0.05, 0.1) is 4.92 Å². The Balaban J connectivity index is 3.13. The Bertz CT molecular complexity index is 476. The summed E-state index contributed by atoms with van der Waals surface area (Å²) in [5, 5.41) is 13.0. The molecule has 0 fully saturated rings. The van der Waals surface area contributed by atoms with Gasteiger partial charge >= 0.3 is 5.69 Å². The molecule has 0 aromatic carbocycles. The molecule has 0 saturated heterocycles. The average Bonchev–Trinajstić information content (AvgIpc) is 2.27. The number of aromatic nitrogens is 1. The molecule has 17 heavy (non-hydrogen) atoms. The Hall–Kier alpha value is -1.95. The van der Waals surface area contributed by atoms with Crippen LogP contribution in [0.1, 0.15) is 17.3 Å². The van der Waals surface area contributed by atoms with Crippen LogP contribution >= 0.6 is 11.6 Å². The summed E-state index contributed by atoms with van der Waals surface area (Å²) < 4.78 is 0. The van der Waals surface area contributed by atoms with E-state index >= 15 is 0 Å². The van der Waals surface area contributed by atoms with Crippen molar-refractivity contribution < 1.29 is 9.72 Å². The molecule has 90 valence electrons. The van der Waals surface area contributed by atoms with Gasteiger partial charge in [0.1, 0.15) is 5.56 Å². The summed E-state index contributed by atoms with van der Waals surface area (Å²) in [6.45, 7) is 5.19. The van der Waals surface area contributed by atoms with E-state index in [-0.39, 0.29) is 16.8 Å². The molecular weight excluding hydrogens is 246 g/mol. The summed E-state index contributed by atoms with van der Waals surface area (Å²) >= 11 is 5.59. The van der Waals surface area contributed by atoms with Gasteiger partial charge in [0.2, 0.25) is 5.15 Å². The van der Waals surface area contributed by atoms with Gasteiger partial charge in [-0.2, -0.15) is 0 Å². The Morgan fingerprint density at radius 3 is 2.94 bits per heavy atom. The molecule has 7 heteroatoms. The van der Waals surface area contributed by atoms with E-state index in [4.69, 9.17) is 11.6 Å². The van der Waals surface area contributed by atoms with Gasteiger partial charge in [-0.1, -0.05) is 17.7 Å². The first-order valence-corrected chi connectivity index (χ1v) is 5.07. The Morgan fingerprint density at radius 1 is 1.76 bits per heavy atom. The fourth-order valence-electron chi connectivity index (χ4n) is 1.13. The molecule has 1 heterocycles. The number of carbonyl (C=O) groups excluding carboxylic acids is 1. The SMILES string of the molecule is C=CC(C)NC(=O)c1ccnc(Cl)c1[N+](=O)[O-]. The zero-order valence-electron chi connectivity index (χ0n) is 9.01. The van der Waals surface area contributed by atoms with Crippen molar-refractivity contribution in [3.63, 3.8) is 0 Å². The molecule has 1 rings (SSSR count). The monoisotopic (exact) mass is 255 g/mol. The van der Waals surface area contributed by atoms with E-state index in [2.05, 4.69) is 16.9 Å². The Morgan fingerprint density at radius 2 is 2.41 bits per heavy atom. The minimum Gasteiger partial charge on any atom is -0.346 e. The highest BCUT2D eigenvalue weighted by atomic mass is 35.5. The molecule has 1 aromatic rings. The first kappa shape index (κ1) is 13.1. The van der Waals surface area contributed by atoms with E-state index in [1.165, 1.54) is 18.3 Å². The third-order valence-corrected chi connectivity index (χ3v) is 2.30. The summed E-state index contributed by atoms with van der Waals surface area (Å²) in [5.41, 5.74) is -0.619. The fraction of sp³-hybridized carbons (Fsp3) is 0.200. The zero-order valence-corrected chi connectivity index (χ0v) is 9.77. The molecule has 0 spiro atoms. The van der Waals surface area contributed by atoms with Gasteiger partial charge in [-0.05, 0) is 13.0 Å². The van der Waals surface area contributed by atoms with Crippen molar-refractivity contribution in [2.24, 2.45) is 0 Å². The van der Waals surface area contributed by atoms with Crippen molar-refractivity contribution in [2.75, 3.05) is 0 Å². The van der Waals surface area contributed by atoms with Crippen molar-refractivity contribution >= 4 is 23.2 Å². The summed E-state index contributed by atoms with van der Waals surface area (Å²) in [4.78, 5) is 25.4. The van der Waals surface area contributed by atoms with Gasteiger partial charge in [0.15, 0.2) is 0 Å². The predicted molar refractivity (Wildman–Crippen MR) is 63.0 cm³/mol. The number of carbonyl (C=O) groups is 1. The van der Waals surface area contributed by atoms with Crippen LogP contribution in [0, 0.1) is 10.1 Å². The third kappa shape index (κ3) is 3.01. The summed E-state index contributed by atoms with van der Waals surface area (Å²) in [5.74, 6) is -0.589. The van der Waals surface area contributed by atoms with Gasteiger partial charge in [-0.25, -0.2) is 4.98 Å². The van der Waals surface area contributed by atoms with Gasteiger partial charge < -0.3 is 5.32 Å². The highest BCUT2D eigenvalue weighted by Gasteiger charge is 2.24. The van der Waals surface area contributed by atoms with E-state index < -0.39 is 16.5 Å². The highest BCUT2D eigenvalue weighted by molar-refractivity contribution is 6.32. The number of nitrogens with one attached hydrogen (secondary N) is 1. The van der Waals surface area contributed by atoms with Crippen molar-refractivity contribution in [3.8, 4) is 0 Å². The summed E-state index contributed by atoms with van der Waals surface area (Å²) in [7, 11) is 0. The molecule has 1 atom stereocenters. The van der Waals surface area contributed by atoms with Crippen LogP contribution in [0.2, 0.25) is 5.15 Å². The van der Waals surface area contributed by atoms with Crippen LogP contribution in [-0.2, 0) is 0 Å². The van der Waals surface area contributed by atoms with Crippen LogP contribution in [0.15, 0.2) is 24.9 Å². The summed E-state index contributed by atoms with van der Waals surface area (Å²) in [6.07, 6.45) is 2.75. The second-order valence-electron chi connectivity index (χ2n) is 3.25. The van der Waals surface area contributed by atoms with Gasteiger partial charge in [-0.3, -0.25) is 14.9 Å². The van der Waals surface area contributed by atoms with Gasteiger partial charge in [-0.15, -0.1) is 6.58 Å². The Labute approximate surface area is 102 Å². The van der Waals surface area contributed by atoms with Crippen LogP contribution in [0.4, 0.5) is 5.69 Å². The smallest absolute Gasteiger partial charge is 0.319 e. The van der Waals surface area contributed by atoms with Crippen LogP contribution in [0.25, 0.3) is 0 Å². The first-order chi connectivity index (χ1) is 7.97. The third-order valence-electron chi connectivity index (χ3n) is 2.02. The molecule has 1 N–H and O–H groups in total. The maximum atomic E-state index is 11.7. The second-order valence-corrected chi connectivity index (χ2v) is 3.61. The van der Waals surface area contributed by atoms with Crippen LogP contribution in [-0.4, -0.2) is 21.9 Å². The molecule has 1 amide bonds. The number of nitrogens with zero attached hydrogens (tertiary/aromatic N) is 2. The standard InChI is InChI=1S/C10H10ClN3O3/c1-3-6(2)13-10(15)7-4-5-12-9(11)8(7)14(16)17/h3-6H,1H2,2H3,(H,13,15). The molecule has 0 aliphatic rings. The maximum absolute atomic E-state index is 11.7. The lowest BCUT2D eigenvalue weighted by atomic mass is 10.2. The molecule has 1 aromatic heterocycles. The Kier molecular flexibility index (Phi) is 4.17. The van der Waals surface area contributed by atoms with E-state index in [1.807, 2.05) is 0 Å². The molecule has 0 radical (unpaired) electrons. The van der Waals surface area contributed by atoms with E-state index in [0.29, 0.717) is 0 Å². The fourth-order valence-corrected chi connectivity index (χ4v) is 1.36. The second kappa shape index (κ2) is 5.40. The number of halogens is 1. The molecule has 0 aliphatic carbocycles. The number of rotatable bonds is 4. The molecule has 1 unspecified atom stereocenters. The van der Waals surface area contributed by atoms with Crippen LogP contribution in [0.3, 0.4) is 0 Å². The van der Waals surface area contributed by atoms with E-state index in [1.54, 1.807) is 6.92 Å². The van der Waals surface area contributed by atoms with Gasteiger partial charge in [0, 0.05) is 12.2 Å². The molecule has 0 bridgehead atoms. The number of nitro groups is 1. The van der Waals surface area contributed by atoms with Crippen molar-refractivity contribution in [1.82, 2.24) is 10.3 Å². The lowest BCUT2D eigenvalue weighted by Crippen LogP contribution is -2.31. The number of hydrogen-bond acceptors (Lipinski definition) is 4. The molecule has 6 nitrogen and oxygen atoms in total. The topological polar surface area (TPSA) is 85.1 Å². The normalized spacial score (nSPS) is 11.6. The molecular formula is C10H10ClN3O3. The number of amides is 1. The molecule has 0 aliphatic heterocycles. The molecule has 0 saturated carbocycles. The lowest BCUT2D eigenvalue weighted by molar-refractivity contribution is -0.385. The number of pyridine rings is 1. The minimum absolute atomic E-state index is 0.122. The lowest BCUT2D eigenvalue weighted by Gasteiger charge is -2.09. The first-order valence-electron chi connectivity index (χ1n) is 4.69. The predicted octanol–water partition coefficient (Wildman–Crippen LogP) is 1.95. The average molecular weight is 256 g/mol. The van der Waals surface area contributed by atoms with Crippen molar-refractivity contribution in [3.05, 3.63) is 45.7 Å². The van der Waals surface area contributed by atoms with Gasteiger partial charge in [0.25, 0.3) is 5.91 Å². The number of hydrogen-bond donors (Lipinski definition) is 1. The van der Waals surface area contributed by atoms with Crippen molar-refractivity contribution in [2.45, 2.75) is 13.0 Å². The summed E-state index contributed by atoms with van der Waals surface area (Å²) in [6, 6.07) is 0.948. The van der Waals surface area contributed by atoms with E-state index in [0.717, 1.165) is 0 Å². The maximum Gasteiger partial charge on any atom is 0.319 e. The zero-order chi connectivity index (χ0) is 13.0. The van der Waals surface area contributed by atoms with Crippen molar-refractivity contribution in [1.29, 1.82) is 0 Å². The quantitative estimate of drug-likeness (QED) is 0.386. The highest BCUT2D eigenvalue weighted by Crippen LogP contribution is 2.25. The van der Waals surface area contributed by atoms with E-state index in [9.17, 15) is 14.9 Å². The minimum atomic E-state index is -0.733.